The minimum absolute atomic E-state index is 0.210. The number of fused-ring (bicyclic) bond motifs is 8. The predicted molar refractivity (Wildman–Crippen MR) is 349 cm³/mol. The zero-order valence-corrected chi connectivity index (χ0v) is 48.9. The van der Waals surface area contributed by atoms with E-state index >= 15 is 0 Å². The number of hydrogen-bond donors (Lipinski definition) is 1. The molecule has 83 heavy (non-hydrogen) atoms. The summed E-state index contributed by atoms with van der Waals surface area (Å²) in [5, 5.41) is 19.0. The number of phenolic OH excluding ortho intramolecular Hbond substituents is 1. The largest absolute Gasteiger partial charge is 0.505 e. The molecule has 2 saturated carbocycles. The van der Waals surface area contributed by atoms with E-state index in [1.165, 1.54) is 68.1 Å². The van der Waals surface area contributed by atoms with E-state index in [4.69, 9.17) is 13.3 Å². The van der Waals surface area contributed by atoms with Crippen LogP contribution in [0.1, 0.15) is 136 Å². The Morgan fingerprint density at radius 3 is 1.94 bits per heavy atom. The fourth-order valence-electron chi connectivity index (χ4n) is 14.0. The number of hydrogen-bond acceptors (Lipinski definition) is 6. The smallest absolute Gasteiger partial charge is 0.159 e. The average Bonchev–Trinajstić information content (AvgIpc) is 4.30. The standard InChI is InChI=1S/C77H74N2O4/c1-7-10-33-55(52-29-13-11-14-30-52)73-51(6)54-34-17-19-41-67(75(54)82-73)78(66-43-21-28-50(5)72(66)80)64(27-9-3)63(26-8-2)71-49(4)47-48-57-59(71)37-23-42-65(57)79(68-44-24-39-60-58-35-18-20-46-70(58)81-76(60)68)69-45-25-40-62-61-38-22-36-56(74(61)83-77(62)69)53-31-15-12-16-32-53/h7-10,17-28,33,35-48,52-53,80H,11-16,29-32,34H2,1-6H3/b10-7-,26-8-,27-9-,55-33-,64-63+. The van der Waals surface area contributed by atoms with Crippen LogP contribution < -0.4 is 9.80 Å². The second-order valence-corrected chi connectivity index (χ2v) is 23.1. The normalized spacial score (nSPS) is 16.1. The van der Waals surface area contributed by atoms with E-state index in [0.717, 1.165) is 142 Å². The molecule has 0 radical (unpaired) electrons. The first-order chi connectivity index (χ1) is 40.8. The molecule has 1 N–H and O–H groups in total. The van der Waals surface area contributed by atoms with Crippen LogP contribution in [0.4, 0.5) is 22.7 Å². The summed E-state index contributed by atoms with van der Waals surface area (Å²) in [6.07, 6.45) is 34.7. The first-order valence-corrected chi connectivity index (χ1v) is 30.4. The van der Waals surface area contributed by atoms with Gasteiger partial charge >= 0.3 is 0 Å². The number of phenols is 1. The third-order valence-electron chi connectivity index (χ3n) is 18.1. The molecule has 0 amide bonds. The van der Waals surface area contributed by atoms with Crippen molar-refractivity contribution >= 4 is 94.2 Å². The van der Waals surface area contributed by atoms with Crippen molar-refractivity contribution in [2.45, 2.75) is 118 Å². The Hall–Kier alpha value is -8.74. The number of rotatable bonds is 13. The highest BCUT2D eigenvalue weighted by molar-refractivity contribution is 6.16. The maximum Gasteiger partial charge on any atom is 0.159 e. The van der Waals surface area contributed by atoms with Gasteiger partial charge in [0.2, 0.25) is 0 Å². The van der Waals surface area contributed by atoms with Crippen molar-refractivity contribution in [1.29, 1.82) is 0 Å². The number of aromatic hydroxyl groups is 1. The van der Waals surface area contributed by atoms with Crippen LogP contribution in [0.2, 0.25) is 0 Å². The van der Waals surface area contributed by atoms with E-state index in [1.807, 2.05) is 31.2 Å². The molecule has 7 aromatic carbocycles. The number of anilines is 4. The fraction of sp³-hybridized carbons (Fsp3) is 0.247. The molecule has 0 saturated heterocycles. The van der Waals surface area contributed by atoms with Crippen LogP contribution in [-0.4, -0.2) is 5.11 Å². The maximum absolute atomic E-state index is 12.5. The average molecular weight is 1090 g/mol. The summed E-state index contributed by atoms with van der Waals surface area (Å²) in [7, 11) is 0. The maximum atomic E-state index is 12.5. The van der Waals surface area contributed by atoms with Crippen molar-refractivity contribution in [2.24, 2.45) is 5.92 Å². The lowest BCUT2D eigenvalue weighted by molar-refractivity contribution is 0.419. The number of para-hydroxylation sites is 5. The second kappa shape index (κ2) is 22.9. The summed E-state index contributed by atoms with van der Waals surface area (Å²) in [5.74, 6) is 2.87. The minimum atomic E-state index is 0.210. The Bertz CT molecular complexity index is 4360. The van der Waals surface area contributed by atoms with Crippen molar-refractivity contribution in [2.75, 3.05) is 9.80 Å². The van der Waals surface area contributed by atoms with Gasteiger partial charge in [-0.05, 0) is 167 Å². The van der Waals surface area contributed by atoms with Gasteiger partial charge in [-0.25, -0.2) is 0 Å². The van der Waals surface area contributed by atoms with Crippen LogP contribution in [0.25, 0.3) is 71.5 Å². The van der Waals surface area contributed by atoms with E-state index in [2.05, 4.69) is 208 Å². The molecular formula is C77H74N2O4. The van der Waals surface area contributed by atoms with Crippen molar-refractivity contribution in [1.82, 2.24) is 0 Å². The van der Waals surface area contributed by atoms with Gasteiger partial charge in [0.25, 0.3) is 0 Å². The lowest BCUT2D eigenvalue weighted by atomic mass is 9.81. The van der Waals surface area contributed by atoms with E-state index in [-0.39, 0.29) is 5.75 Å². The zero-order valence-electron chi connectivity index (χ0n) is 48.9. The number of nitrogens with zero attached hydrogens (tertiary/aromatic N) is 2. The van der Waals surface area contributed by atoms with Crippen LogP contribution in [0.15, 0.2) is 207 Å². The van der Waals surface area contributed by atoms with Crippen molar-refractivity contribution < 1.29 is 18.4 Å². The SMILES string of the molecule is C/C=C\C=C(/c1oc2c(c1C)CC=CC=C2N(C(/C=C\C)=C(\C=C/C)c1c(C)ccc2c(N(c3cccc4c3oc3ccccc34)c3cccc4c3oc3c(C5CCCCC5)cccc34)cccc12)c1cccc(C)c1O)C1CCCCC1. The third-order valence-corrected chi connectivity index (χ3v) is 18.1. The molecule has 2 fully saturated rings. The second-order valence-electron chi connectivity index (χ2n) is 23.1. The van der Waals surface area contributed by atoms with E-state index in [9.17, 15) is 5.11 Å². The Morgan fingerprint density at radius 2 is 1.19 bits per heavy atom. The Kier molecular flexibility index (Phi) is 14.8. The molecule has 3 aliphatic carbocycles. The molecule has 0 aliphatic heterocycles. The molecule has 3 aliphatic rings. The van der Waals surface area contributed by atoms with Gasteiger partial charge in [0.15, 0.2) is 16.9 Å². The third kappa shape index (κ3) is 9.46. The van der Waals surface area contributed by atoms with Crippen molar-refractivity contribution in [3.8, 4) is 5.75 Å². The Labute approximate surface area is 488 Å². The van der Waals surface area contributed by atoms with E-state index < -0.39 is 0 Å². The molecular weight excluding hydrogens is 1020 g/mol. The number of furan rings is 3. The van der Waals surface area contributed by atoms with E-state index in [0.29, 0.717) is 17.5 Å². The molecule has 0 spiro atoms. The lowest BCUT2D eigenvalue weighted by Crippen LogP contribution is -2.22. The van der Waals surface area contributed by atoms with Gasteiger partial charge in [0.1, 0.15) is 22.7 Å². The first kappa shape index (κ1) is 53.6. The molecule has 6 heteroatoms. The monoisotopic (exact) mass is 1090 g/mol. The molecule has 3 aromatic heterocycles. The van der Waals surface area contributed by atoms with Gasteiger partial charge < -0.3 is 28.2 Å². The molecule has 6 nitrogen and oxygen atoms in total. The topological polar surface area (TPSA) is 66.1 Å². The first-order valence-electron chi connectivity index (χ1n) is 30.4. The molecule has 13 rings (SSSR count). The predicted octanol–water partition coefficient (Wildman–Crippen LogP) is 22.4. The van der Waals surface area contributed by atoms with Crippen molar-refractivity contribution in [3.63, 3.8) is 0 Å². The molecule has 416 valence electrons. The molecule has 0 bridgehead atoms. The van der Waals surface area contributed by atoms with Crippen molar-refractivity contribution in [3.05, 3.63) is 239 Å². The Morgan fingerprint density at radius 1 is 0.554 bits per heavy atom. The minimum Gasteiger partial charge on any atom is -0.505 e. The summed E-state index contributed by atoms with van der Waals surface area (Å²) in [6.45, 7) is 12.7. The number of benzene rings is 7. The van der Waals surface area contributed by atoms with Crippen LogP contribution in [-0.2, 0) is 6.42 Å². The van der Waals surface area contributed by atoms with Gasteiger partial charge in [0, 0.05) is 38.1 Å². The fourth-order valence-corrected chi connectivity index (χ4v) is 14.0. The van der Waals surface area contributed by atoms with Crippen LogP contribution in [0.3, 0.4) is 0 Å². The van der Waals surface area contributed by atoms with Gasteiger partial charge in [-0.2, -0.15) is 0 Å². The quantitative estimate of drug-likeness (QED) is 0.116. The number of allylic oxidation sites excluding steroid dienone is 12. The summed E-state index contributed by atoms with van der Waals surface area (Å²) in [5.41, 5.74) is 17.6. The van der Waals surface area contributed by atoms with Gasteiger partial charge in [-0.15, -0.1) is 0 Å². The highest BCUT2D eigenvalue weighted by atomic mass is 16.3. The van der Waals surface area contributed by atoms with Gasteiger partial charge in [0.05, 0.1) is 34.1 Å². The summed E-state index contributed by atoms with van der Waals surface area (Å²) in [6, 6.07) is 45.5. The lowest BCUT2D eigenvalue weighted by Gasteiger charge is -2.32. The zero-order chi connectivity index (χ0) is 56.7. The summed E-state index contributed by atoms with van der Waals surface area (Å²) in [4.78, 5) is 4.63. The Balaban J connectivity index is 1.07. The van der Waals surface area contributed by atoms with Crippen LogP contribution in [0, 0.1) is 26.7 Å². The van der Waals surface area contributed by atoms with Crippen LogP contribution in [0.5, 0.6) is 5.75 Å². The summed E-state index contributed by atoms with van der Waals surface area (Å²) < 4.78 is 21.7. The van der Waals surface area contributed by atoms with Crippen LogP contribution >= 0.6 is 0 Å². The molecule has 0 atom stereocenters. The molecule has 0 unspecified atom stereocenters. The number of aryl methyl sites for hydroxylation is 2. The highest BCUT2D eigenvalue weighted by Gasteiger charge is 2.33. The van der Waals surface area contributed by atoms with Gasteiger partial charge in [-0.1, -0.05) is 184 Å². The summed E-state index contributed by atoms with van der Waals surface area (Å²) >= 11 is 0. The van der Waals surface area contributed by atoms with Gasteiger partial charge in [-0.3, -0.25) is 0 Å². The highest BCUT2D eigenvalue weighted by Crippen LogP contribution is 2.52. The molecule has 10 aromatic rings. The van der Waals surface area contributed by atoms with E-state index in [1.54, 1.807) is 0 Å². The molecule has 3 heterocycles.